The summed E-state index contributed by atoms with van der Waals surface area (Å²) < 4.78 is 13.2. The Hall–Kier alpha value is -2.42. The van der Waals surface area contributed by atoms with Crippen LogP contribution in [0.4, 0.5) is 4.39 Å². The number of aryl methyl sites for hydroxylation is 2. The van der Waals surface area contributed by atoms with Crippen LogP contribution in [0.25, 0.3) is 10.9 Å². The monoisotopic (exact) mass is 281 g/mol. The van der Waals surface area contributed by atoms with Crippen LogP contribution in [0.5, 0.6) is 0 Å². The third-order valence-corrected chi connectivity index (χ3v) is 3.80. The number of H-pyrrole nitrogens is 1. The van der Waals surface area contributed by atoms with Crippen LogP contribution in [0, 0.1) is 19.7 Å². The Morgan fingerprint density at radius 3 is 2.76 bits per heavy atom. The van der Waals surface area contributed by atoms with Gasteiger partial charge in [-0.05, 0) is 43.2 Å². The van der Waals surface area contributed by atoms with Crippen molar-refractivity contribution in [3.8, 4) is 0 Å². The van der Waals surface area contributed by atoms with Crippen molar-refractivity contribution in [3.05, 3.63) is 70.7 Å². The number of rotatable bonds is 3. The minimum Gasteiger partial charge on any atom is -0.360 e. The molecule has 1 N–H and O–H groups in total. The quantitative estimate of drug-likeness (QED) is 0.711. The molecule has 3 heteroatoms. The summed E-state index contributed by atoms with van der Waals surface area (Å²) in [6.07, 6.45) is 2.02. The van der Waals surface area contributed by atoms with Gasteiger partial charge < -0.3 is 4.98 Å². The smallest absolute Gasteiger partial charge is 0.169 e. The normalized spacial score (nSPS) is 11.0. The second-order valence-electron chi connectivity index (χ2n) is 5.42. The maximum atomic E-state index is 13.2. The van der Waals surface area contributed by atoms with Gasteiger partial charge in [-0.15, -0.1) is 0 Å². The van der Waals surface area contributed by atoms with E-state index in [2.05, 4.69) is 4.98 Å². The van der Waals surface area contributed by atoms with Gasteiger partial charge in [-0.1, -0.05) is 23.8 Å². The van der Waals surface area contributed by atoms with Crippen molar-refractivity contribution >= 4 is 16.7 Å². The fraction of sp³-hybridized carbons (Fsp3) is 0.167. The van der Waals surface area contributed by atoms with Crippen LogP contribution in [-0.4, -0.2) is 10.8 Å². The largest absolute Gasteiger partial charge is 0.360 e. The SMILES string of the molecule is Cc1ccc(C)c(CC(=O)c2c[nH]c3cc(F)ccc23)c1. The number of aromatic nitrogens is 1. The maximum absolute atomic E-state index is 13.2. The summed E-state index contributed by atoms with van der Waals surface area (Å²) in [4.78, 5) is 15.5. The molecule has 0 fully saturated rings. The molecule has 0 bridgehead atoms. The van der Waals surface area contributed by atoms with Crippen molar-refractivity contribution in [2.45, 2.75) is 20.3 Å². The second kappa shape index (κ2) is 5.17. The van der Waals surface area contributed by atoms with Crippen molar-refractivity contribution in [2.24, 2.45) is 0 Å². The fourth-order valence-corrected chi connectivity index (χ4v) is 2.59. The average Bonchev–Trinajstić information content (AvgIpc) is 2.85. The van der Waals surface area contributed by atoms with Crippen LogP contribution >= 0.6 is 0 Å². The van der Waals surface area contributed by atoms with Gasteiger partial charge in [0.2, 0.25) is 0 Å². The highest BCUT2D eigenvalue weighted by atomic mass is 19.1. The van der Waals surface area contributed by atoms with E-state index in [4.69, 9.17) is 0 Å². The van der Waals surface area contributed by atoms with Gasteiger partial charge in [-0.25, -0.2) is 4.39 Å². The summed E-state index contributed by atoms with van der Waals surface area (Å²) in [5, 5.41) is 0.770. The lowest BCUT2D eigenvalue weighted by Gasteiger charge is -2.06. The van der Waals surface area contributed by atoms with E-state index in [0.29, 0.717) is 17.5 Å². The molecule has 1 aromatic heterocycles. The molecule has 21 heavy (non-hydrogen) atoms. The number of aromatic amines is 1. The molecule has 0 amide bonds. The first kappa shape index (κ1) is 13.6. The number of Topliss-reactive ketones (excluding diaryl/α,β-unsaturated/α-hetero) is 1. The lowest BCUT2D eigenvalue weighted by Crippen LogP contribution is -2.04. The summed E-state index contributed by atoms with van der Waals surface area (Å²) >= 11 is 0. The molecular weight excluding hydrogens is 265 g/mol. The van der Waals surface area contributed by atoms with E-state index in [1.165, 1.54) is 12.1 Å². The summed E-state index contributed by atoms with van der Waals surface area (Å²) in [6, 6.07) is 10.6. The van der Waals surface area contributed by atoms with E-state index in [-0.39, 0.29) is 11.6 Å². The van der Waals surface area contributed by atoms with Crippen molar-refractivity contribution in [3.63, 3.8) is 0 Å². The summed E-state index contributed by atoms with van der Waals surface area (Å²) in [5.41, 5.74) is 4.56. The summed E-state index contributed by atoms with van der Waals surface area (Å²) in [5.74, 6) is -0.264. The third-order valence-electron chi connectivity index (χ3n) is 3.80. The number of carbonyl (C=O) groups excluding carboxylic acids is 1. The van der Waals surface area contributed by atoms with Gasteiger partial charge in [-0.2, -0.15) is 0 Å². The highest BCUT2D eigenvalue weighted by Gasteiger charge is 2.14. The lowest BCUT2D eigenvalue weighted by molar-refractivity contribution is 0.0994. The molecule has 2 nitrogen and oxygen atoms in total. The van der Waals surface area contributed by atoms with Crippen LogP contribution in [0.15, 0.2) is 42.6 Å². The van der Waals surface area contributed by atoms with E-state index in [0.717, 1.165) is 22.1 Å². The first-order valence-corrected chi connectivity index (χ1v) is 6.90. The number of ketones is 1. The van der Waals surface area contributed by atoms with Crippen LogP contribution in [0.3, 0.4) is 0 Å². The van der Waals surface area contributed by atoms with Crippen LogP contribution < -0.4 is 0 Å². The summed E-state index contributed by atoms with van der Waals surface area (Å²) in [6.45, 7) is 4.02. The zero-order valence-corrected chi connectivity index (χ0v) is 12.0. The van der Waals surface area contributed by atoms with Gasteiger partial charge >= 0.3 is 0 Å². The molecule has 2 aromatic carbocycles. The molecule has 0 radical (unpaired) electrons. The number of halogens is 1. The number of nitrogens with one attached hydrogen (secondary N) is 1. The van der Waals surface area contributed by atoms with Gasteiger partial charge in [0.05, 0.1) is 0 Å². The van der Waals surface area contributed by atoms with Gasteiger partial charge in [-0.3, -0.25) is 4.79 Å². The molecule has 1 heterocycles. The lowest BCUT2D eigenvalue weighted by atomic mass is 9.97. The van der Waals surface area contributed by atoms with Crippen molar-refractivity contribution in [2.75, 3.05) is 0 Å². The Labute approximate surface area is 122 Å². The van der Waals surface area contributed by atoms with Crippen LogP contribution in [0.2, 0.25) is 0 Å². The third kappa shape index (κ3) is 2.59. The number of hydrogen-bond donors (Lipinski definition) is 1. The number of benzene rings is 2. The van der Waals surface area contributed by atoms with E-state index in [1.54, 1.807) is 12.3 Å². The van der Waals surface area contributed by atoms with E-state index >= 15 is 0 Å². The van der Waals surface area contributed by atoms with Gasteiger partial charge in [0.15, 0.2) is 5.78 Å². The number of fused-ring (bicyclic) bond motifs is 1. The Morgan fingerprint density at radius 1 is 1.14 bits per heavy atom. The Bertz CT molecular complexity index is 832. The first-order chi connectivity index (χ1) is 10.0. The molecule has 0 unspecified atom stereocenters. The van der Waals surface area contributed by atoms with E-state index in [1.807, 2.05) is 32.0 Å². The number of carbonyl (C=O) groups is 1. The van der Waals surface area contributed by atoms with Crippen LogP contribution in [0.1, 0.15) is 27.0 Å². The van der Waals surface area contributed by atoms with Gasteiger partial charge in [0, 0.05) is 29.1 Å². The predicted octanol–water partition coefficient (Wildman–Crippen LogP) is 4.35. The predicted molar refractivity (Wildman–Crippen MR) is 82.2 cm³/mol. The zero-order chi connectivity index (χ0) is 15.0. The van der Waals surface area contributed by atoms with Gasteiger partial charge in [0.1, 0.15) is 5.82 Å². The molecule has 0 saturated carbocycles. The molecule has 106 valence electrons. The minimum atomic E-state index is -0.308. The molecule has 0 atom stereocenters. The molecule has 0 aliphatic heterocycles. The van der Waals surface area contributed by atoms with Gasteiger partial charge in [0.25, 0.3) is 0 Å². The fourth-order valence-electron chi connectivity index (χ4n) is 2.59. The highest BCUT2D eigenvalue weighted by molar-refractivity contribution is 6.08. The highest BCUT2D eigenvalue weighted by Crippen LogP contribution is 2.22. The zero-order valence-electron chi connectivity index (χ0n) is 12.0. The molecule has 0 saturated heterocycles. The standard InChI is InChI=1S/C18H16FNO/c1-11-3-4-12(2)13(7-11)8-18(21)16-10-20-17-9-14(19)5-6-15(16)17/h3-7,9-10,20H,8H2,1-2H3. The molecule has 0 spiro atoms. The molecular formula is C18H16FNO. The number of hydrogen-bond acceptors (Lipinski definition) is 1. The first-order valence-electron chi connectivity index (χ1n) is 6.90. The van der Waals surface area contributed by atoms with Crippen molar-refractivity contribution in [1.29, 1.82) is 0 Å². The average molecular weight is 281 g/mol. The molecule has 0 aliphatic carbocycles. The maximum Gasteiger partial charge on any atom is 0.169 e. The topological polar surface area (TPSA) is 32.9 Å². The molecule has 3 aromatic rings. The van der Waals surface area contributed by atoms with Crippen molar-refractivity contribution in [1.82, 2.24) is 4.98 Å². The van der Waals surface area contributed by atoms with Crippen molar-refractivity contribution < 1.29 is 9.18 Å². The second-order valence-corrected chi connectivity index (χ2v) is 5.42. The Morgan fingerprint density at radius 2 is 1.95 bits per heavy atom. The van der Waals surface area contributed by atoms with Crippen LogP contribution in [-0.2, 0) is 6.42 Å². The molecule has 3 rings (SSSR count). The summed E-state index contributed by atoms with van der Waals surface area (Å²) in [7, 11) is 0. The minimum absolute atomic E-state index is 0.0431. The Kier molecular flexibility index (Phi) is 3.34. The van der Waals surface area contributed by atoms with E-state index in [9.17, 15) is 9.18 Å². The molecule has 0 aliphatic rings. The van der Waals surface area contributed by atoms with E-state index < -0.39 is 0 Å². The Balaban J connectivity index is 1.95.